The number of carbonyl (C=O) groups is 1. The number of nitro benzene ring substituents is 1. The molecule has 1 aromatic carbocycles. The maximum Gasteiger partial charge on any atom is 0.299 e. The molecule has 1 aliphatic heterocycles. The summed E-state index contributed by atoms with van der Waals surface area (Å²) < 4.78 is 5.84. The fourth-order valence-electron chi connectivity index (χ4n) is 2.67. The summed E-state index contributed by atoms with van der Waals surface area (Å²) in [5.41, 5.74) is 1.90. The Labute approximate surface area is 117 Å². The molecule has 1 amide bonds. The second-order valence-corrected chi connectivity index (χ2v) is 5.76. The molecule has 1 aromatic rings. The van der Waals surface area contributed by atoms with Gasteiger partial charge in [0.1, 0.15) is 17.0 Å². The summed E-state index contributed by atoms with van der Waals surface area (Å²) in [6, 6.07) is 0. The minimum Gasteiger partial charge on any atom is -0.487 e. The van der Waals surface area contributed by atoms with Crippen LogP contribution in [0.3, 0.4) is 0 Å². The molecular weight excluding hydrogens is 260 g/mol. The average molecular weight is 278 g/mol. The number of ether oxygens (including phenoxy) is 1. The van der Waals surface area contributed by atoms with Crippen LogP contribution in [0.2, 0.25) is 0 Å². The number of carbonyl (C=O) groups excluding carboxylic acids is 1. The number of hydrogen-bond acceptors (Lipinski definition) is 4. The predicted octanol–water partition coefficient (Wildman–Crippen LogP) is 2.88. The SMILES string of the molecule is CC(=O)Nc1c(C)c2c(c(C)c1[N+](=O)[O-])OC(C)(C)C2. The molecule has 1 N–H and O–H groups in total. The van der Waals surface area contributed by atoms with Crippen LogP contribution >= 0.6 is 0 Å². The van der Waals surface area contributed by atoms with Gasteiger partial charge in [-0.1, -0.05) is 0 Å². The van der Waals surface area contributed by atoms with E-state index >= 15 is 0 Å². The summed E-state index contributed by atoms with van der Waals surface area (Å²) >= 11 is 0. The van der Waals surface area contributed by atoms with Gasteiger partial charge in [0.25, 0.3) is 5.69 Å². The van der Waals surface area contributed by atoms with Crippen molar-refractivity contribution < 1.29 is 14.5 Å². The molecule has 20 heavy (non-hydrogen) atoms. The van der Waals surface area contributed by atoms with Crippen LogP contribution in [0.15, 0.2) is 0 Å². The fraction of sp³-hybridized carbons (Fsp3) is 0.500. The highest BCUT2D eigenvalue weighted by Gasteiger charge is 2.38. The van der Waals surface area contributed by atoms with Gasteiger partial charge in [-0.05, 0) is 33.3 Å². The highest BCUT2D eigenvalue weighted by Crippen LogP contribution is 2.47. The van der Waals surface area contributed by atoms with Crippen LogP contribution in [0.4, 0.5) is 11.4 Å². The number of amides is 1. The first-order valence-corrected chi connectivity index (χ1v) is 6.41. The first-order chi connectivity index (χ1) is 9.14. The van der Waals surface area contributed by atoms with Crippen molar-refractivity contribution >= 4 is 17.3 Å². The van der Waals surface area contributed by atoms with E-state index < -0.39 is 4.92 Å². The lowest BCUT2D eigenvalue weighted by Gasteiger charge is -2.17. The lowest BCUT2D eigenvalue weighted by molar-refractivity contribution is -0.384. The zero-order valence-electron chi connectivity index (χ0n) is 12.3. The van der Waals surface area contributed by atoms with Gasteiger partial charge in [-0.25, -0.2) is 0 Å². The maximum absolute atomic E-state index is 11.3. The van der Waals surface area contributed by atoms with Crippen LogP contribution in [-0.4, -0.2) is 16.4 Å². The van der Waals surface area contributed by atoms with Gasteiger partial charge in [-0.15, -0.1) is 0 Å². The van der Waals surface area contributed by atoms with Crippen molar-refractivity contribution in [2.24, 2.45) is 0 Å². The third-order valence-electron chi connectivity index (χ3n) is 3.50. The molecule has 6 heteroatoms. The van der Waals surface area contributed by atoms with Crippen LogP contribution in [-0.2, 0) is 11.2 Å². The van der Waals surface area contributed by atoms with Crippen molar-refractivity contribution in [3.05, 3.63) is 26.8 Å². The second-order valence-electron chi connectivity index (χ2n) is 5.76. The third-order valence-corrected chi connectivity index (χ3v) is 3.50. The molecule has 0 unspecified atom stereocenters. The molecule has 0 fully saturated rings. The number of nitrogens with zero attached hydrogens (tertiary/aromatic N) is 1. The monoisotopic (exact) mass is 278 g/mol. The van der Waals surface area contributed by atoms with Crippen molar-refractivity contribution in [2.75, 3.05) is 5.32 Å². The van der Waals surface area contributed by atoms with E-state index in [1.54, 1.807) is 13.8 Å². The molecule has 0 saturated carbocycles. The van der Waals surface area contributed by atoms with Gasteiger partial charge in [0, 0.05) is 18.9 Å². The van der Waals surface area contributed by atoms with Gasteiger partial charge in [-0.2, -0.15) is 0 Å². The van der Waals surface area contributed by atoms with E-state index in [1.807, 2.05) is 13.8 Å². The first kappa shape index (κ1) is 14.3. The van der Waals surface area contributed by atoms with E-state index in [0.717, 1.165) is 5.56 Å². The molecule has 6 nitrogen and oxygen atoms in total. The van der Waals surface area contributed by atoms with Crippen LogP contribution < -0.4 is 10.1 Å². The van der Waals surface area contributed by atoms with Gasteiger partial charge in [0.15, 0.2) is 0 Å². The first-order valence-electron chi connectivity index (χ1n) is 6.41. The molecule has 0 aromatic heterocycles. The number of nitro groups is 1. The van der Waals surface area contributed by atoms with Crippen molar-refractivity contribution in [1.82, 2.24) is 0 Å². The molecule has 108 valence electrons. The summed E-state index contributed by atoms with van der Waals surface area (Å²) in [6.45, 7) is 8.65. The summed E-state index contributed by atoms with van der Waals surface area (Å²) in [7, 11) is 0. The largest absolute Gasteiger partial charge is 0.487 e. The molecule has 1 heterocycles. The molecule has 0 radical (unpaired) electrons. The normalized spacial score (nSPS) is 15.4. The van der Waals surface area contributed by atoms with Gasteiger partial charge in [-0.3, -0.25) is 14.9 Å². The van der Waals surface area contributed by atoms with Crippen LogP contribution in [0.1, 0.15) is 37.5 Å². The minimum atomic E-state index is -0.470. The smallest absolute Gasteiger partial charge is 0.299 e. The minimum absolute atomic E-state index is 0.0887. The van der Waals surface area contributed by atoms with Crippen molar-refractivity contribution in [1.29, 1.82) is 0 Å². The number of benzene rings is 1. The maximum atomic E-state index is 11.3. The van der Waals surface area contributed by atoms with E-state index in [2.05, 4.69) is 5.32 Å². The summed E-state index contributed by atoms with van der Waals surface area (Å²) in [5.74, 6) is 0.252. The number of rotatable bonds is 2. The Hall–Kier alpha value is -2.11. The summed E-state index contributed by atoms with van der Waals surface area (Å²) in [6.07, 6.45) is 0.666. The predicted molar refractivity (Wildman–Crippen MR) is 75.3 cm³/mol. The average Bonchev–Trinajstić information content (AvgIpc) is 2.61. The van der Waals surface area contributed by atoms with Gasteiger partial charge < -0.3 is 10.1 Å². The third kappa shape index (κ3) is 2.21. The zero-order valence-corrected chi connectivity index (χ0v) is 12.3. The molecule has 0 atom stereocenters. The van der Waals surface area contributed by atoms with Crippen LogP contribution in [0.5, 0.6) is 5.75 Å². The van der Waals surface area contributed by atoms with E-state index in [4.69, 9.17) is 4.74 Å². The molecule has 0 saturated heterocycles. The highest BCUT2D eigenvalue weighted by atomic mass is 16.6. The van der Waals surface area contributed by atoms with E-state index in [0.29, 0.717) is 23.3 Å². The lowest BCUT2D eigenvalue weighted by Crippen LogP contribution is -2.24. The quantitative estimate of drug-likeness (QED) is 0.666. The molecule has 0 bridgehead atoms. The Morgan fingerprint density at radius 1 is 1.35 bits per heavy atom. The molecule has 2 rings (SSSR count). The zero-order chi connectivity index (χ0) is 15.2. The Bertz CT molecular complexity index is 620. The topological polar surface area (TPSA) is 81.5 Å². The summed E-state index contributed by atoms with van der Waals surface area (Å²) in [5, 5.41) is 13.9. The highest BCUT2D eigenvalue weighted by molar-refractivity contribution is 5.94. The number of anilines is 1. The van der Waals surface area contributed by atoms with Crippen molar-refractivity contribution in [3.63, 3.8) is 0 Å². The number of fused-ring (bicyclic) bond motifs is 1. The molecular formula is C14H18N2O4. The van der Waals surface area contributed by atoms with Crippen molar-refractivity contribution in [2.45, 2.75) is 46.6 Å². The Morgan fingerprint density at radius 3 is 2.45 bits per heavy atom. The fourth-order valence-corrected chi connectivity index (χ4v) is 2.67. The van der Waals surface area contributed by atoms with Gasteiger partial charge >= 0.3 is 0 Å². The molecule has 0 spiro atoms. The number of hydrogen-bond donors (Lipinski definition) is 1. The molecule has 0 aliphatic carbocycles. The van der Waals surface area contributed by atoms with E-state index in [-0.39, 0.29) is 22.9 Å². The second kappa shape index (κ2) is 4.47. The standard InChI is InChI=1S/C14H18N2O4/c1-7-10-6-14(4,5)20-13(10)8(2)12(16(18)19)11(7)15-9(3)17/h6H2,1-5H3,(H,15,17). The van der Waals surface area contributed by atoms with Crippen molar-refractivity contribution in [3.8, 4) is 5.75 Å². The Morgan fingerprint density at radius 2 is 1.95 bits per heavy atom. The van der Waals surface area contributed by atoms with Crippen LogP contribution in [0.25, 0.3) is 0 Å². The van der Waals surface area contributed by atoms with E-state index in [9.17, 15) is 14.9 Å². The van der Waals surface area contributed by atoms with Crippen LogP contribution in [0, 0.1) is 24.0 Å². The van der Waals surface area contributed by atoms with E-state index in [1.165, 1.54) is 6.92 Å². The lowest BCUT2D eigenvalue weighted by atomic mass is 9.94. The number of nitrogens with one attached hydrogen (secondary N) is 1. The molecule has 1 aliphatic rings. The Balaban J connectivity index is 2.74. The summed E-state index contributed by atoms with van der Waals surface area (Å²) in [4.78, 5) is 22.2. The Kier molecular flexibility index (Phi) is 3.20. The van der Waals surface area contributed by atoms with Gasteiger partial charge in [0.05, 0.1) is 10.5 Å². The van der Waals surface area contributed by atoms with Gasteiger partial charge in [0.2, 0.25) is 5.91 Å².